The Balaban J connectivity index is 3.02. The second-order valence-electron chi connectivity index (χ2n) is 0.495. The van der Waals surface area contributed by atoms with Gasteiger partial charge < -0.3 is 81.1 Å². The summed E-state index contributed by atoms with van der Waals surface area (Å²) in [6, 6.07) is 0. The van der Waals surface area contributed by atoms with E-state index in [1.165, 1.54) is 0 Å². The molecule has 0 unspecified atom stereocenters. The van der Waals surface area contributed by atoms with Crippen molar-refractivity contribution in [1.82, 2.24) is 0 Å². The van der Waals surface area contributed by atoms with Crippen LogP contribution in [0.2, 0.25) is 0 Å². The molecule has 5 heavy (non-hydrogen) atoms. The lowest BCUT2D eigenvalue weighted by atomic mass is 26.9. The van der Waals surface area contributed by atoms with E-state index in [1.54, 1.807) is 0 Å². The molecule has 0 fully saturated rings. The highest BCUT2D eigenvalue weighted by atomic mass is 127. The largest absolute Gasteiger partial charge is 0.432 e. The minimum Gasteiger partial charge on any atom is -0.358 e. The lowest BCUT2D eigenvalue weighted by Gasteiger charge is -2.00. The first-order chi connectivity index (χ1) is 2.00. The van der Waals surface area contributed by atoms with Crippen LogP contribution in [0.3, 0.4) is 0 Å². The molecule has 0 aliphatic rings. The molecule has 32 valence electrons. The summed E-state index contributed by atoms with van der Waals surface area (Å²) in [5.41, 5.74) is 0. The average molecular weight is 535 g/mol. The molecular weight excluding hydrogens is 535 g/mol. The topological polar surface area (TPSA) is 0 Å². The zero-order valence-corrected chi connectivity index (χ0v) is 11.9. The molecule has 0 saturated carbocycles. The molecule has 0 aliphatic carbocycles. The summed E-state index contributed by atoms with van der Waals surface area (Å²) < 4.78 is -0.953. The number of halogens is 4. The van der Waals surface area contributed by atoms with Crippen molar-refractivity contribution in [1.29, 1.82) is 0 Å². The highest BCUT2D eigenvalue weighted by molar-refractivity contribution is 14.5. The molecule has 0 spiro atoms. The van der Waals surface area contributed by atoms with Crippen molar-refractivity contribution in [2.24, 2.45) is 0 Å². The minimum atomic E-state index is -0.953. The van der Waals surface area contributed by atoms with Gasteiger partial charge >= 0.3 is -0.0525 Å². The van der Waals surface area contributed by atoms with Crippen LogP contribution < -0.4 is 0 Å². The van der Waals surface area contributed by atoms with Crippen LogP contribution in [0.5, 0.6) is 0 Å². The fraction of sp³-hybridized carbons (Fsp3) is 0. The van der Waals surface area contributed by atoms with E-state index in [4.69, 9.17) is 0 Å². The van der Waals surface area contributed by atoms with Crippen molar-refractivity contribution >= 4 is 81.0 Å². The maximum absolute atomic E-state index is 2.50. The van der Waals surface area contributed by atoms with Crippen LogP contribution in [0.1, 0.15) is 0 Å². The van der Waals surface area contributed by atoms with E-state index in [-0.39, 0.29) is 0 Å². The SMILES string of the molecule is [I][Al-]([I])([I])[I]. The van der Waals surface area contributed by atoms with Gasteiger partial charge in [0.1, 0.15) is 0 Å². The van der Waals surface area contributed by atoms with E-state index >= 15 is 0 Å². The highest BCUT2D eigenvalue weighted by Crippen LogP contribution is 2.35. The van der Waals surface area contributed by atoms with Crippen molar-refractivity contribution in [3.8, 4) is 0 Å². The molecule has 0 bridgehead atoms. The quantitative estimate of drug-likeness (QED) is 0.331. The second-order valence-corrected chi connectivity index (χ2v) is 66.8. The van der Waals surface area contributed by atoms with E-state index < -0.39 is -0.0525 Å². The van der Waals surface area contributed by atoms with Gasteiger partial charge in [-0.1, -0.05) is 0 Å². The van der Waals surface area contributed by atoms with Gasteiger partial charge in [0.15, 0.2) is 0 Å². The molecule has 0 atom stereocenters. The molecule has 0 aliphatic heterocycles. The molecule has 0 aromatic heterocycles. The summed E-state index contributed by atoms with van der Waals surface area (Å²) >= 11 is 10.0. The molecule has 0 aromatic rings. The maximum Gasteiger partial charge on any atom is 0.432 e. The number of hydrogen-bond acceptors (Lipinski definition) is 0. The standard InChI is InChI=1S/Al.4HI/h;4*1H/q+3;;;;/p-4. The first-order valence-corrected chi connectivity index (χ1v) is 17.6. The Hall–Kier alpha value is 3.45. The summed E-state index contributed by atoms with van der Waals surface area (Å²) in [6.45, 7) is 0. The van der Waals surface area contributed by atoms with Crippen molar-refractivity contribution in [3.63, 3.8) is 0 Å². The van der Waals surface area contributed by atoms with Crippen LogP contribution in [0.15, 0.2) is 0 Å². The molecule has 0 heterocycles. The minimum absolute atomic E-state index is 0.953. The molecule has 0 radical (unpaired) electrons. The summed E-state index contributed by atoms with van der Waals surface area (Å²) in [4.78, 5) is 0. The van der Waals surface area contributed by atoms with Crippen LogP contribution in [0.4, 0.5) is 0 Å². The first-order valence-electron chi connectivity index (χ1n) is 0.873. The average Bonchev–Trinajstić information content (AvgIpc) is 0.722. The monoisotopic (exact) mass is 535 g/mol. The van der Waals surface area contributed by atoms with Crippen LogP contribution in [-0.2, 0) is 0 Å². The van der Waals surface area contributed by atoms with Crippen LogP contribution in [0, 0.1) is 0 Å². The van der Waals surface area contributed by atoms with Gasteiger partial charge in [-0.2, -0.15) is 0 Å². The van der Waals surface area contributed by atoms with Gasteiger partial charge in [0, 0.05) is 0 Å². The molecule has 0 saturated heterocycles. The van der Waals surface area contributed by atoms with Gasteiger partial charge in [0.2, 0.25) is 0 Å². The van der Waals surface area contributed by atoms with E-state index in [2.05, 4.69) is 81.1 Å². The fourth-order valence-electron chi connectivity index (χ4n) is 0. The van der Waals surface area contributed by atoms with E-state index in [1.807, 2.05) is 0 Å². The Bertz CT molecular complexity index is 19.1. The van der Waals surface area contributed by atoms with Crippen molar-refractivity contribution in [2.45, 2.75) is 0 Å². The highest BCUT2D eigenvalue weighted by Gasteiger charge is 2.08. The number of hydrogen-bond donors (Lipinski definition) is 0. The Morgan fingerprint density at radius 2 is 0.800 bits per heavy atom. The van der Waals surface area contributed by atoms with Crippen LogP contribution in [0.25, 0.3) is 0 Å². The molecule has 0 aromatic carbocycles. The van der Waals surface area contributed by atoms with Gasteiger partial charge in [-0.25, -0.2) is 0 Å². The molecule has 0 rings (SSSR count). The fourth-order valence-corrected chi connectivity index (χ4v) is 0. The maximum atomic E-state index is 2.50. The third-order valence-electron chi connectivity index (χ3n) is 0. The summed E-state index contributed by atoms with van der Waals surface area (Å²) in [6.07, 6.45) is 0. The van der Waals surface area contributed by atoms with Gasteiger partial charge in [-0.15, -0.1) is 0 Å². The van der Waals surface area contributed by atoms with E-state index in [9.17, 15) is 0 Å². The first kappa shape index (κ1) is 8.45. The van der Waals surface area contributed by atoms with Crippen molar-refractivity contribution in [3.05, 3.63) is 0 Å². The van der Waals surface area contributed by atoms with Gasteiger partial charge in [-0.3, -0.25) is 0 Å². The Labute approximate surface area is 78.6 Å². The van der Waals surface area contributed by atoms with Crippen LogP contribution >= 0.6 is 81.1 Å². The van der Waals surface area contributed by atoms with Crippen molar-refractivity contribution in [2.75, 3.05) is 0 Å². The molecule has 0 amide bonds. The zero-order chi connectivity index (χ0) is 4.50. The Morgan fingerprint density at radius 1 is 0.800 bits per heavy atom. The summed E-state index contributed by atoms with van der Waals surface area (Å²) in [7, 11) is 0. The third kappa shape index (κ3) is 18.6. The molecule has 0 N–H and O–H groups in total. The molecule has 0 nitrogen and oxygen atoms in total. The molecular formula is AlI4-. The normalized spacial score (nSPS) is 12.0. The van der Waals surface area contributed by atoms with E-state index in [0.717, 1.165) is 0 Å². The molecule has 5 heteroatoms. The van der Waals surface area contributed by atoms with Gasteiger partial charge in [0.25, 0.3) is 0 Å². The number of rotatable bonds is 0. The smallest absolute Gasteiger partial charge is 0.358 e. The predicted molar refractivity (Wildman–Crippen MR) is 61.8 cm³/mol. The van der Waals surface area contributed by atoms with Gasteiger partial charge in [0.05, 0.1) is 0 Å². The second kappa shape index (κ2) is 3.47. The summed E-state index contributed by atoms with van der Waals surface area (Å²) in [5, 5.41) is 0. The van der Waals surface area contributed by atoms with Crippen molar-refractivity contribution < 1.29 is 0 Å². The van der Waals surface area contributed by atoms with Crippen LogP contribution in [-0.4, -0.2) is -0.0525 Å². The predicted octanol–water partition coefficient (Wildman–Crippen LogP) is 3.16. The van der Waals surface area contributed by atoms with E-state index in [0.29, 0.717) is 0 Å². The zero-order valence-electron chi connectivity index (χ0n) is 2.09. The third-order valence-corrected chi connectivity index (χ3v) is 0. The van der Waals surface area contributed by atoms with Gasteiger partial charge in [-0.05, 0) is 0 Å². The lowest BCUT2D eigenvalue weighted by molar-refractivity contribution is 5.30. The lowest BCUT2D eigenvalue weighted by Crippen LogP contribution is -1.84. The Kier molecular flexibility index (Phi) is 5.87. The Morgan fingerprint density at radius 3 is 0.800 bits per heavy atom. The summed E-state index contributed by atoms with van der Waals surface area (Å²) in [5.74, 6) is 0.